The third-order valence-corrected chi connectivity index (χ3v) is 7.17. The summed E-state index contributed by atoms with van der Waals surface area (Å²) in [4.78, 5) is 17.0. The van der Waals surface area contributed by atoms with Crippen LogP contribution in [0.3, 0.4) is 0 Å². The lowest BCUT2D eigenvalue weighted by molar-refractivity contribution is 0.102. The lowest BCUT2D eigenvalue weighted by Gasteiger charge is -2.09. The number of thiazole rings is 1. The summed E-state index contributed by atoms with van der Waals surface area (Å²) >= 11 is 1.34. The van der Waals surface area contributed by atoms with Crippen LogP contribution in [-0.4, -0.2) is 26.4 Å². The number of anilines is 2. The van der Waals surface area contributed by atoms with Gasteiger partial charge < -0.3 is 4.74 Å². The SMILES string of the molecule is COc1ccc(C)c2sc(NC(=O)c3ccc(NS(=O)(=O)c4ccc(F)cc4)cc3)nc12. The number of sulfonamides is 1. The first-order chi connectivity index (χ1) is 15.3. The molecule has 0 aliphatic heterocycles. The lowest BCUT2D eigenvalue weighted by Crippen LogP contribution is -2.14. The fourth-order valence-electron chi connectivity index (χ4n) is 3.01. The van der Waals surface area contributed by atoms with Crippen LogP contribution in [0.4, 0.5) is 15.2 Å². The molecule has 164 valence electrons. The molecule has 0 fully saturated rings. The Hall–Kier alpha value is -3.50. The summed E-state index contributed by atoms with van der Waals surface area (Å²) < 4.78 is 46.5. The van der Waals surface area contributed by atoms with Crippen LogP contribution < -0.4 is 14.8 Å². The molecule has 0 bridgehead atoms. The average Bonchev–Trinajstić information content (AvgIpc) is 3.19. The maximum Gasteiger partial charge on any atom is 0.261 e. The molecule has 3 aromatic carbocycles. The molecule has 0 atom stereocenters. The highest BCUT2D eigenvalue weighted by atomic mass is 32.2. The van der Waals surface area contributed by atoms with E-state index in [1.807, 2.05) is 19.1 Å². The normalized spacial score (nSPS) is 11.3. The zero-order chi connectivity index (χ0) is 22.9. The van der Waals surface area contributed by atoms with Crippen LogP contribution in [-0.2, 0) is 10.0 Å². The van der Waals surface area contributed by atoms with Crippen molar-refractivity contribution in [3.63, 3.8) is 0 Å². The van der Waals surface area contributed by atoms with Crippen molar-refractivity contribution in [2.45, 2.75) is 11.8 Å². The Bertz CT molecular complexity index is 1400. The minimum absolute atomic E-state index is 0.0673. The summed E-state index contributed by atoms with van der Waals surface area (Å²) in [5, 5.41) is 3.19. The van der Waals surface area contributed by atoms with Crippen LogP contribution in [0, 0.1) is 12.7 Å². The third-order valence-electron chi connectivity index (χ3n) is 4.67. The molecule has 32 heavy (non-hydrogen) atoms. The first-order valence-electron chi connectivity index (χ1n) is 9.41. The molecular weight excluding hydrogens is 453 g/mol. The molecule has 0 aliphatic carbocycles. The largest absolute Gasteiger partial charge is 0.494 e. The molecule has 0 saturated carbocycles. The number of hydrogen-bond donors (Lipinski definition) is 2. The van der Waals surface area contributed by atoms with Gasteiger partial charge in [0.15, 0.2) is 5.13 Å². The highest BCUT2D eigenvalue weighted by Crippen LogP contribution is 2.34. The summed E-state index contributed by atoms with van der Waals surface area (Å²) in [5.41, 5.74) is 2.30. The van der Waals surface area contributed by atoms with Crippen LogP contribution in [0.15, 0.2) is 65.6 Å². The number of rotatable bonds is 6. The van der Waals surface area contributed by atoms with Gasteiger partial charge in [0.1, 0.15) is 17.1 Å². The number of halogens is 1. The van der Waals surface area contributed by atoms with Gasteiger partial charge in [0, 0.05) is 11.3 Å². The number of carbonyl (C=O) groups is 1. The second-order valence-corrected chi connectivity index (χ2v) is 9.55. The number of aromatic nitrogens is 1. The van der Waals surface area contributed by atoms with E-state index in [4.69, 9.17) is 4.74 Å². The lowest BCUT2D eigenvalue weighted by atomic mass is 10.2. The minimum atomic E-state index is -3.87. The van der Waals surface area contributed by atoms with Gasteiger partial charge in [-0.05, 0) is 67.1 Å². The van der Waals surface area contributed by atoms with Gasteiger partial charge in [-0.1, -0.05) is 17.4 Å². The van der Waals surface area contributed by atoms with Crippen molar-refractivity contribution in [3.05, 3.63) is 77.6 Å². The van der Waals surface area contributed by atoms with Crippen molar-refractivity contribution in [1.29, 1.82) is 0 Å². The predicted octanol–water partition coefficient (Wildman–Crippen LogP) is 4.81. The van der Waals surface area contributed by atoms with Crippen LogP contribution >= 0.6 is 11.3 Å². The van der Waals surface area contributed by atoms with Gasteiger partial charge in [-0.2, -0.15) is 0 Å². The van der Waals surface area contributed by atoms with E-state index in [2.05, 4.69) is 15.0 Å². The van der Waals surface area contributed by atoms with Crippen molar-refractivity contribution in [1.82, 2.24) is 4.98 Å². The molecule has 4 rings (SSSR count). The molecule has 0 saturated heterocycles. The van der Waals surface area contributed by atoms with Gasteiger partial charge in [0.25, 0.3) is 15.9 Å². The smallest absolute Gasteiger partial charge is 0.261 e. The Balaban J connectivity index is 1.49. The van der Waals surface area contributed by atoms with Crippen molar-refractivity contribution in [2.75, 3.05) is 17.1 Å². The summed E-state index contributed by atoms with van der Waals surface area (Å²) in [5.74, 6) is -0.283. The van der Waals surface area contributed by atoms with Gasteiger partial charge >= 0.3 is 0 Å². The minimum Gasteiger partial charge on any atom is -0.494 e. The number of nitrogens with one attached hydrogen (secondary N) is 2. The molecule has 0 spiro atoms. The van der Waals surface area contributed by atoms with Gasteiger partial charge in [-0.3, -0.25) is 14.8 Å². The predicted molar refractivity (Wildman–Crippen MR) is 123 cm³/mol. The van der Waals surface area contributed by atoms with Gasteiger partial charge in [0.05, 0.1) is 16.7 Å². The zero-order valence-corrected chi connectivity index (χ0v) is 18.7. The molecule has 0 unspecified atom stereocenters. The zero-order valence-electron chi connectivity index (χ0n) is 17.0. The molecule has 1 heterocycles. The fourth-order valence-corrected chi connectivity index (χ4v) is 5.02. The molecule has 0 aliphatic rings. The Morgan fingerprint density at radius 2 is 1.72 bits per heavy atom. The van der Waals surface area contributed by atoms with Crippen LogP contribution in [0.5, 0.6) is 5.75 Å². The second kappa shape index (κ2) is 8.56. The number of nitrogens with zero attached hydrogens (tertiary/aromatic N) is 1. The van der Waals surface area contributed by atoms with Crippen LogP contribution in [0.2, 0.25) is 0 Å². The molecule has 4 aromatic rings. The van der Waals surface area contributed by atoms with Crippen LogP contribution in [0.1, 0.15) is 15.9 Å². The molecule has 1 aromatic heterocycles. The number of benzene rings is 3. The first-order valence-corrected chi connectivity index (χ1v) is 11.7. The monoisotopic (exact) mass is 471 g/mol. The van der Waals surface area contributed by atoms with E-state index in [1.165, 1.54) is 47.7 Å². The van der Waals surface area contributed by atoms with Crippen LogP contribution in [0.25, 0.3) is 10.2 Å². The van der Waals surface area contributed by atoms with E-state index in [1.54, 1.807) is 7.11 Å². The molecule has 10 heteroatoms. The third kappa shape index (κ3) is 4.41. The standard InChI is InChI=1S/C22H18FN3O4S2/c1-13-3-12-18(30-2)19-20(13)31-22(24-19)25-21(27)14-4-8-16(9-5-14)26-32(28,29)17-10-6-15(23)7-11-17/h3-12,26H,1-2H3,(H,24,25,27). The number of amides is 1. The molecule has 2 N–H and O–H groups in total. The van der Waals surface area contributed by atoms with Crippen molar-refractivity contribution >= 4 is 48.3 Å². The number of hydrogen-bond acceptors (Lipinski definition) is 6. The van der Waals surface area contributed by atoms with E-state index in [9.17, 15) is 17.6 Å². The number of methoxy groups -OCH3 is 1. The molecular formula is C22H18FN3O4S2. The maximum absolute atomic E-state index is 13.0. The second-order valence-electron chi connectivity index (χ2n) is 6.87. The number of fused-ring (bicyclic) bond motifs is 1. The summed E-state index contributed by atoms with van der Waals surface area (Å²) in [7, 11) is -2.31. The van der Waals surface area contributed by atoms with E-state index >= 15 is 0 Å². The maximum atomic E-state index is 13.0. The van der Waals surface area contributed by atoms with Crippen molar-refractivity contribution in [3.8, 4) is 5.75 Å². The Morgan fingerprint density at radius 3 is 2.38 bits per heavy atom. The van der Waals surface area contributed by atoms with Gasteiger partial charge in [-0.25, -0.2) is 17.8 Å². The number of carbonyl (C=O) groups excluding carboxylic acids is 1. The van der Waals surface area contributed by atoms with E-state index < -0.39 is 15.8 Å². The van der Waals surface area contributed by atoms with E-state index in [0.717, 1.165) is 22.4 Å². The van der Waals surface area contributed by atoms with Crippen molar-refractivity contribution in [2.24, 2.45) is 0 Å². The van der Waals surface area contributed by atoms with E-state index in [0.29, 0.717) is 22.0 Å². The van der Waals surface area contributed by atoms with Crippen molar-refractivity contribution < 1.29 is 22.3 Å². The highest BCUT2D eigenvalue weighted by Gasteiger charge is 2.16. The summed E-state index contributed by atoms with van der Waals surface area (Å²) in [6.45, 7) is 1.96. The quantitative estimate of drug-likeness (QED) is 0.421. The van der Waals surface area contributed by atoms with Gasteiger partial charge in [0.2, 0.25) is 0 Å². The average molecular weight is 472 g/mol. The summed E-state index contributed by atoms with van der Waals surface area (Å²) in [6, 6.07) is 14.2. The Morgan fingerprint density at radius 1 is 1.03 bits per heavy atom. The fraction of sp³-hybridized carbons (Fsp3) is 0.0909. The summed E-state index contributed by atoms with van der Waals surface area (Å²) in [6.07, 6.45) is 0. The first kappa shape index (κ1) is 21.7. The molecule has 0 radical (unpaired) electrons. The number of aryl methyl sites for hydroxylation is 1. The van der Waals surface area contributed by atoms with E-state index in [-0.39, 0.29) is 16.5 Å². The molecule has 7 nitrogen and oxygen atoms in total. The highest BCUT2D eigenvalue weighted by molar-refractivity contribution is 7.92. The Labute approximate surface area is 187 Å². The van der Waals surface area contributed by atoms with Gasteiger partial charge in [-0.15, -0.1) is 0 Å². The molecule has 1 amide bonds. The Kier molecular flexibility index (Phi) is 5.81. The topological polar surface area (TPSA) is 97.4 Å². The number of ether oxygens (including phenoxy) is 1.